The van der Waals surface area contributed by atoms with Crippen LogP contribution in [0.25, 0.3) is 22.2 Å². The number of phenols is 1. The van der Waals surface area contributed by atoms with Crippen molar-refractivity contribution in [3.63, 3.8) is 0 Å². The standard InChI is InChI=1S/C19H14N2O3/c22-16-7-3-6-15(10-16)19-20-18(21-24-19)12-23-17-9-8-13-4-1-2-5-14(13)11-17/h1-11,22H,12H2. The van der Waals surface area contributed by atoms with Crippen LogP contribution in [0.1, 0.15) is 5.82 Å². The van der Waals surface area contributed by atoms with E-state index in [-0.39, 0.29) is 12.4 Å². The average Bonchev–Trinajstić information content (AvgIpc) is 3.09. The third-order valence-corrected chi connectivity index (χ3v) is 3.65. The van der Waals surface area contributed by atoms with Crippen molar-refractivity contribution in [3.8, 4) is 23.0 Å². The lowest BCUT2D eigenvalue weighted by Crippen LogP contribution is -1.97. The van der Waals surface area contributed by atoms with Crippen LogP contribution in [0.4, 0.5) is 0 Å². The van der Waals surface area contributed by atoms with Gasteiger partial charge in [-0.3, -0.25) is 0 Å². The monoisotopic (exact) mass is 318 g/mol. The summed E-state index contributed by atoms with van der Waals surface area (Å²) >= 11 is 0. The highest BCUT2D eigenvalue weighted by Gasteiger charge is 2.10. The van der Waals surface area contributed by atoms with E-state index in [1.54, 1.807) is 24.3 Å². The van der Waals surface area contributed by atoms with Crippen LogP contribution in [0.5, 0.6) is 11.5 Å². The summed E-state index contributed by atoms with van der Waals surface area (Å²) in [6.45, 7) is 0.209. The van der Waals surface area contributed by atoms with Crippen LogP contribution in [-0.2, 0) is 6.61 Å². The molecule has 0 saturated carbocycles. The van der Waals surface area contributed by atoms with Crippen molar-refractivity contribution in [2.45, 2.75) is 6.61 Å². The molecule has 0 aliphatic carbocycles. The minimum absolute atomic E-state index is 0.152. The Bertz CT molecular complexity index is 995. The van der Waals surface area contributed by atoms with Gasteiger partial charge in [0.15, 0.2) is 6.61 Å². The first-order valence-electron chi connectivity index (χ1n) is 7.51. The molecular weight excluding hydrogens is 304 g/mol. The van der Waals surface area contributed by atoms with Crippen LogP contribution in [-0.4, -0.2) is 15.2 Å². The number of hydrogen-bond donors (Lipinski definition) is 1. The predicted molar refractivity (Wildman–Crippen MR) is 89.7 cm³/mol. The minimum atomic E-state index is 0.152. The maximum atomic E-state index is 9.51. The van der Waals surface area contributed by atoms with Gasteiger partial charge < -0.3 is 14.4 Å². The maximum Gasteiger partial charge on any atom is 0.258 e. The fourth-order valence-corrected chi connectivity index (χ4v) is 2.47. The fraction of sp³-hybridized carbons (Fsp3) is 0.0526. The number of aromatic nitrogens is 2. The van der Waals surface area contributed by atoms with Crippen molar-refractivity contribution in [2.24, 2.45) is 0 Å². The van der Waals surface area contributed by atoms with Crippen LogP contribution < -0.4 is 4.74 Å². The van der Waals surface area contributed by atoms with Crippen molar-refractivity contribution < 1.29 is 14.4 Å². The summed E-state index contributed by atoms with van der Waals surface area (Å²) in [6.07, 6.45) is 0. The Balaban J connectivity index is 1.49. The second-order valence-corrected chi connectivity index (χ2v) is 5.36. The number of fused-ring (bicyclic) bond motifs is 1. The number of nitrogens with zero attached hydrogens (tertiary/aromatic N) is 2. The summed E-state index contributed by atoms with van der Waals surface area (Å²) in [4.78, 5) is 4.29. The Hall–Kier alpha value is -3.34. The molecule has 0 amide bonds. The van der Waals surface area contributed by atoms with Gasteiger partial charge in [0.05, 0.1) is 0 Å². The van der Waals surface area contributed by atoms with E-state index < -0.39 is 0 Å². The van der Waals surface area contributed by atoms with Crippen LogP contribution in [0.3, 0.4) is 0 Å². The van der Waals surface area contributed by atoms with Crippen molar-refractivity contribution in [3.05, 3.63) is 72.6 Å². The summed E-state index contributed by atoms with van der Waals surface area (Å²) in [5.41, 5.74) is 0.666. The Morgan fingerprint density at radius 3 is 2.67 bits per heavy atom. The molecule has 4 aromatic rings. The van der Waals surface area contributed by atoms with Gasteiger partial charge in [-0.1, -0.05) is 41.6 Å². The van der Waals surface area contributed by atoms with Gasteiger partial charge in [0, 0.05) is 5.56 Å². The van der Waals surface area contributed by atoms with E-state index in [0.29, 0.717) is 17.3 Å². The quantitative estimate of drug-likeness (QED) is 0.611. The smallest absolute Gasteiger partial charge is 0.258 e. The zero-order valence-electron chi connectivity index (χ0n) is 12.7. The Morgan fingerprint density at radius 1 is 0.917 bits per heavy atom. The van der Waals surface area contributed by atoms with E-state index in [2.05, 4.69) is 16.2 Å². The molecule has 0 fully saturated rings. The van der Waals surface area contributed by atoms with E-state index in [0.717, 1.165) is 16.5 Å². The van der Waals surface area contributed by atoms with Crippen molar-refractivity contribution in [2.75, 3.05) is 0 Å². The molecule has 1 aromatic heterocycles. The molecule has 0 saturated heterocycles. The topological polar surface area (TPSA) is 68.4 Å². The first kappa shape index (κ1) is 14.3. The van der Waals surface area contributed by atoms with E-state index in [9.17, 15) is 5.11 Å². The van der Waals surface area contributed by atoms with Gasteiger partial charge in [-0.05, 0) is 41.1 Å². The molecule has 0 spiro atoms. The summed E-state index contributed by atoms with van der Waals surface area (Å²) in [5.74, 6) is 1.70. The molecule has 0 aliphatic heterocycles. The highest BCUT2D eigenvalue weighted by Crippen LogP contribution is 2.23. The van der Waals surface area contributed by atoms with E-state index in [4.69, 9.17) is 9.26 Å². The molecular formula is C19H14N2O3. The Labute approximate surface area is 138 Å². The number of aromatic hydroxyl groups is 1. The molecule has 0 atom stereocenters. The summed E-state index contributed by atoms with van der Waals surface area (Å²) in [6, 6.07) is 20.7. The second kappa shape index (κ2) is 6.04. The largest absolute Gasteiger partial charge is 0.508 e. The molecule has 5 nitrogen and oxygen atoms in total. The van der Waals surface area contributed by atoms with Gasteiger partial charge in [-0.15, -0.1) is 0 Å². The fourth-order valence-electron chi connectivity index (χ4n) is 2.47. The van der Waals surface area contributed by atoms with Crippen molar-refractivity contribution in [1.82, 2.24) is 10.1 Å². The van der Waals surface area contributed by atoms with E-state index >= 15 is 0 Å². The minimum Gasteiger partial charge on any atom is -0.508 e. The van der Waals surface area contributed by atoms with Crippen molar-refractivity contribution >= 4 is 10.8 Å². The second-order valence-electron chi connectivity index (χ2n) is 5.36. The lowest BCUT2D eigenvalue weighted by atomic mass is 10.1. The number of rotatable bonds is 4. The van der Waals surface area contributed by atoms with Gasteiger partial charge in [0.2, 0.25) is 5.82 Å². The molecule has 4 rings (SSSR count). The molecule has 5 heteroatoms. The summed E-state index contributed by atoms with van der Waals surface area (Å²) in [5, 5.41) is 15.7. The van der Waals surface area contributed by atoms with Crippen LogP contribution in [0.2, 0.25) is 0 Å². The van der Waals surface area contributed by atoms with Crippen LogP contribution >= 0.6 is 0 Å². The molecule has 118 valence electrons. The van der Waals surface area contributed by atoms with Crippen LogP contribution in [0, 0.1) is 0 Å². The molecule has 0 aliphatic rings. The molecule has 24 heavy (non-hydrogen) atoms. The third kappa shape index (κ3) is 2.92. The number of ether oxygens (including phenoxy) is 1. The Kier molecular flexibility index (Phi) is 3.59. The molecule has 0 unspecified atom stereocenters. The lowest BCUT2D eigenvalue weighted by molar-refractivity contribution is 0.287. The first-order chi connectivity index (χ1) is 11.8. The zero-order chi connectivity index (χ0) is 16.4. The normalized spacial score (nSPS) is 10.8. The van der Waals surface area contributed by atoms with E-state index in [1.807, 2.05) is 36.4 Å². The third-order valence-electron chi connectivity index (χ3n) is 3.65. The Morgan fingerprint density at radius 2 is 1.79 bits per heavy atom. The number of hydrogen-bond acceptors (Lipinski definition) is 5. The van der Waals surface area contributed by atoms with Gasteiger partial charge in [-0.25, -0.2) is 0 Å². The first-order valence-corrected chi connectivity index (χ1v) is 7.51. The molecule has 0 bridgehead atoms. The summed E-state index contributed by atoms with van der Waals surface area (Å²) in [7, 11) is 0. The van der Waals surface area contributed by atoms with Gasteiger partial charge in [0.1, 0.15) is 11.5 Å². The van der Waals surface area contributed by atoms with Gasteiger partial charge in [-0.2, -0.15) is 4.98 Å². The molecule has 3 aromatic carbocycles. The van der Waals surface area contributed by atoms with Crippen molar-refractivity contribution in [1.29, 1.82) is 0 Å². The maximum absolute atomic E-state index is 9.51. The molecule has 1 heterocycles. The van der Waals surface area contributed by atoms with Gasteiger partial charge >= 0.3 is 0 Å². The highest BCUT2D eigenvalue weighted by atomic mass is 16.5. The molecule has 0 radical (unpaired) electrons. The van der Waals surface area contributed by atoms with Crippen LogP contribution in [0.15, 0.2) is 71.3 Å². The van der Waals surface area contributed by atoms with Gasteiger partial charge in [0.25, 0.3) is 5.89 Å². The number of benzene rings is 3. The lowest BCUT2D eigenvalue weighted by Gasteiger charge is -2.04. The zero-order valence-corrected chi connectivity index (χ0v) is 12.7. The average molecular weight is 318 g/mol. The highest BCUT2D eigenvalue weighted by molar-refractivity contribution is 5.83. The number of phenolic OH excluding ortho intramolecular Hbond substituents is 1. The molecule has 1 N–H and O–H groups in total. The van der Waals surface area contributed by atoms with E-state index in [1.165, 1.54) is 0 Å². The predicted octanol–water partition coefficient (Wildman–Crippen LogP) is 4.17. The summed E-state index contributed by atoms with van der Waals surface area (Å²) < 4.78 is 11.0. The SMILES string of the molecule is Oc1cccc(-c2nc(COc3ccc4ccccc4c3)no2)c1.